The Morgan fingerprint density at radius 2 is 1.54 bits per heavy atom. The van der Waals surface area contributed by atoms with Crippen LogP contribution in [-0.4, -0.2) is 29.4 Å². The third-order valence-electron chi connectivity index (χ3n) is 4.19. The quantitative estimate of drug-likeness (QED) is 0.559. The van der Waals surface area contributed by atoms with Gasteiger partial charge in [0.05, 0.1) is 11.9 Å². The van der Waals surface area contributed by atoms with E-state index in [4.69, 9.17) is 5.10 Å². The molecule has 4 aromatic rings. The Bertz CT molecular complexity index is 1190. The molecule has 2 aromatic carbocycles. The van der Waals surface area contributed by atoms with Crippen LogP contribution in [0.15, 0.2) is 85.3 Å². The van der Waals surface area contributed by atoms with Crippen molar-refractivity contribution in [3.05, 3.63) is 85.3 Å². The second-order valence-electron chi connectivity index (χ2n) is 6.36. The minimum atomic E-state index is -3.31. The lowest BCUT2D eigenvalue weighted by Gasteiger charge is -2.06. The van der Waals surface area contributed by atoms with Gasteiger partial charge in [-0.3, -0.25) is 9.71 Å². The molecule has 140 valence electrons. The fourth-order valence-electron chi connectivity index (χ4n) is 2.95. The summed E-state index contributed by atoms with van der Waals surface area (Å²) in [7, 11) is -3.31. The summed E-state index contributed by atoms with van der Waals surface area (Å²) < 4.78 is 27.2. The smallest absolute Gasteiger partial charge is 0.229 e. The highest BCUT2D eigenvalue weighted by molar-refractivity contribution is 7.92. The van der Waals surface area contributed by atoms with Crippen LogP contribution in [0.4, 0.5) is 5.69 Å². The third kappa shape index (κ3) is 3.94. The first-order valence-corrected chi connectivity index (χ1v) is 10.5. The van der Waals surface area contributed by atoms with E-state index in [0.717, 1.165) is 34.3 Å². The summed E-state index contributed by atoms with van der Waals surface area (Å²) >= 11 is 0. The summed E-state index contributed by atoms with van der Waals surface area (Å²) in [5.41, 5.74) is 5.15. The first kappa shape index (κ1) is 17.9. The molecule has 0 saturated heterocycles. The highest BCUT2D eigenvalue weighted by atomic mass is 32.2. The topological polar surface area (TPSA) is 76.9 Å². The number of pyridine rings is 1. The maximum absolute atomic E-state index is 11.4. The van der Waals surface area contributed by atoms with Crippen molar-refractivity contribution in [3.63, 3.8) is 0 Å². The number of nitrogens with one attached hydrogen (secondary N) is 1. The predicted molar refractivity (Wildman–Crippen MR) is 111 cm³/mol. The molecule has 6 nitrogen and oxygen atoms in total. The summed E-state index contributed by atoms with van der Waals surface area (Å²) in [6, 6.07) is 21.0. The van der Waals surface area contributed by atoms with Crippen LogP contribution in [-0.2, 0) is 10.0 Å². The van der Waals surface area contributed by atoms with E-state index in [1.807, 2.05) is 65.5 Å². The first-order chi connectivity index (χ1) is 13.5. The lowest BCUT2D eigenvalue weighted by molar-refractivity contribution is 0.607. The van der Waals surface area contributed by atoms with Gasteiger partial charge in [-0.05, 0) is 42.0 Å². The maximum Gasteiger partial charge on any atom is 0.229 e. The number of hydrogen-bond acceptors (Lipinski definition) is 4. The zero-order valence-electron chi connectivity index (χ0n) is 15.1. The Hall–Kier alpha value is -3.45. The molecule has 0 aliphatic heterocycles. The van der Waals surface area contributed by atoms with Crippen LogP contribution >= 0.6 is 0 Å². The second kappa shape index (κ2) is 7.28. The summed E-state index contributed by atoms with van der Waals surface area (Å²) in [4.78, 5) is 4.08. The summed E-state index contributed by atoms with van der Waals surface area (Å²) in [5.74, 6) is 0. The van der Waals surface area contributed by atoms with Gasteiger partial charge >= 0.3 is 0 Å². The number of anilines is 1. The van der Waals surface area contributed by atoms with Crippen molar-refractivity contribution in [1.82, 2.24) is 14.8 Å². The number of benzene rings is 2. The van der Waals surface area contributed by atoms with Crippen molar-refractivity contribution in [2.24, 2.45) is 0 Å². The van der Waals surface area contributed by atoms with Gasteiger partial charge in [0, 0.05) is 35.4 Å². The highest BCUT2D eigenvalue weighted by Crippen LogP contribution is 2.32. The highest BCUT2D eigenvalue weighted by Gasteiger charge is 2.14. The number of hydrogen-bond donors (Lipinski definition) is 1. The average molecular weight is 390 g/mol. The fraction of sp³-hybridized carbons (Fsp3) is 0.0476. The molecule has 0 atom stereocenters. The number of sulfonamides is 1. The molecule has 0 radical (unpaired) electrons. The summed E-state index contributed by atoms with van der Waals surface area (Å²) in [6.07, 6.45) is 6.58. The minimum absolute atomic E-state index is 0.521. The van der Waals surface area contributed by atoms with E-state index in [1.165, 1.54) is 0 Å². The first-order valence-electron chi connectivity index (χ1n) is 8.63. The Balaban J connectivity index is 1.80. The summed E-state index contributed by atoms with van der Waals surface area (Å²) in [5, 5.41) is 4.79. The van der Waals surface area contributed by atoms with Gasteiger partial charge in [0.2, 0.25) is 10.0 Å². The zero-order chi connectivity index (χ0) is 19.6. The van der Waals surface area contributed by atoms with Crippen molar-refractivity contribution < 1.29 is 8.42 Å². The zero-order valence-corrected chi connectivity index (χ0v) is 16.0. The molecule has 2 aromatic heterocycles. The molecule has 4 rings (SSSR count). The van der Waals surface area contributed by atoms with Crippen molar-refractivity contribution in [2.75, 3.05) is 11.0 Å². The van der Waals surface area contributed by atoms with Gasteiger partial charge < -0.3 is 0 Å². The van der Waals surface area contributed by atoms with Crippen LogP contribution in [0.25, 0.3) is 28.1 Å². The second-order valence-corrected chi connectivity index (χ2v) is 8.11. The third-order valence-corrected chi connectivity index (χ3v) is 4.79. The SMILES string of the molecule is CS(=O)(=O)Nc1ccc(-c2cn(-c3ccccc3)nc2-c2ccncc2)cc1. The number of rotatable bonds is 5. The monoisotopic (exact) mass is 390 g/mol. The van der Waals surface area contributed by atoms with Gasteiger partial charge in [-0.15, -0.1) is 0 Å². The molecule has 0 saturated carbocycles. The van der Waals surface area contributed by atoms with Crippen molar-refractivity contribution in [1.29, 1.82) is 0 Å². The van der Waals surface area contributed by atoms with Crippen molar-refractivity contribution >= 4 is 15.7 Å². The Kier molecular flexibility index (Phi) is 4.67. The molecular formula is C21H18N4O2S. The molecule has 1 N–H and O–H groups in total. The Morgan fingerprint density at radius 3 is 2.18 bits per heavy atom. The van der Waals surface area contributed by atoms with Crippen LogP contribution in [0.3, 0.4) is 0 Å². The standard InChI is InChI=1S/C21H18N4O2S/c1-28(26,27)24-18-9-7-16(8-10-18)20-15-25(19-5-3-2-4-6-19)23-21(20)17-11-13-22-14-12-17/h2-15,24H,1H3. The van der Waals surface area contributed by atoms with Crippen molar-refractivity contribution in [3.8, 4) is 28.1 Å². The predicted octanol–water partition coefficient (Wildman–Crippen LogP) is 3.97. The Labute approximate surface area is 163 Å². The summed E-state index contributed by atoms with van der Waals surface area (Å²) in [6.45, 7) is 0. The van der Waals surface area contributed by atoms with E-state index in [9.17, 15) is 8.42 Å². The van der Waals surface area contributed by atoms with Gasteiger partial charge in [0.15, 0.2) is 0 Å². The van der Waals surface area contributed by atoms with Gasteiger partial charge in [-0.25, -0.2) is 13.1 Å². The van der Waals surface area contributed by atoms with Crippen LogP contribution in [0.5, 0.6) is 0 Å². The van der Waals surface area contributed by atoms with Crippen molar-refractivity contribution in [2.45, 2.75) is 0 Å². The van der Waals surface area contributed by atoms with Gasteiger partial charge in [-0.2, -0.15) is 5.10 Å². The fourth-order valence-corrected chi connectivity index (χ4v) is 3.52. The Morgan fingerprint density at radius 1 is 0.857 bits per heavy atom. The van der Waals surface area contributed by atoms with Crippen LogP contribution in [0.2, 0.25) is 0 Å². The van der Waals surface area contributed by atoms with Crippen LogP contribution in [0.1, 0.15) is 0 Å². The van der Waals surface area contributed by atoms with E-state index in [2.05, 4.69) is 9.71 Å². The van der Waals surface area contributed by atoms with E-state index in [0.29, 0.717) is 5.69 Å². The molecule has 0 amide bonds. The molecule has 0 aliphatic carbocycles. The molecule has 0 unspecified atom stereocenters. The van der Waals surface area contributed by atoms with E-state index in [1.54, 1.807) is 24.5 Å². The number of nitrogens with zero attached hydrogens (tertiary/aromatic N) is 3. The normalized spacial score (nSPS) is 11.3. The average Bonchev–Trinajstić information content (AvgIpc) is 3.14. The molecule has 0 aliphatic rings. The van der Waals surface area contributed by atoms with Gasteiger partial charge in [0.25, 0.3) is 0 Å². The minimum Gasteiger partial charge on any atom is -0.284 e. The molecule has 7 heteroatoms. The van der Waals surface area contributed by atoms with E-state index < -0.39 is 10.0 Å². The molecule has 0 spiro atoms. The lowest BCUT2D eigenvalue weighted by Crippen LogP contribution is -2.09. The van der Waals surface area contributed by atoms with Crippen LogP contribution < -0.4 is 4.72 Å². The van der Waals surface area contributed by atoms with E-state index in [-0.39, 0.29) is 0 Å². The van der Waals surface area contributed by atoms with E-state index >= 15 is 0 Å². The van der Waals surface area contributed by atoms with Gasteiger partial charge in [-0.1, -0.05) is 30.3 Å². The molecular weight excluding hydrogens is 372 g/mol. The maximum atomic E-state index is 11.4. The van der Waals surface area contributed by atoms with Crippen LogP contribution in [0, 0.1) is 0 Å². The molecule has 28 heavy (non-hydrogen) atoms. The number of aromatic nitrogens is 3. The molecule has 0 bridgehead atoms. The van der Waals surface area contributed by atoms with Gasteiger partial charge in [0.1, 0.15) is 5.69 Å². The number of para-hydroxylation sites is 1. The molecule has 2 heterocycles. The molecule has 0 fully saturated rings. The lowest BCUT2D eigenvalue weighted by atomic mass is 10.0. The largest absolute Gasteiger partial charge is 0.284 e.